The zero-order valence-electron chi connectivity index (χ0n) is 9.99. The van der Waals surface area contributed by atoms with Crippen LogP contribution in [-0.4, -0.2) is 19.1 Å². The maximum Gasteiger partial charge on any atom is 0.250 e. The number of thiophene rings is 1. The molecular weight excluding hydrogens is 258 g/mol. The fraction of sp³-hybridized carbons (Fsp3) is 0.636. The quantitative estimate of drug-likeness (QED) is 0.880. The molecule has 2 N–H and O–H groups in total. The van der Waals surface area contributed by atoms with Crippen molar-refractivity contribution < 1.29 is 13.5 Å². The Kier molecular flexibility index (Phi) is 3.33. The molecule has 4 nitrogen and oxygen atoms in total. The number of sulfonamides is 1. The largest absolute Gasteiger partial charge is 0.391 e. The fourth-order valence-electron chi connectivity index (χ4n) is 1.96. The van der Waals surface area contributed by atoms with Crippen LogP contribution in [0.25, 0.3) is 0 Å². The third-order valence-electron chi connectivity index (χ3n) is 3.24. The highest BCUT2D eigenvalue weighted by atomic mass is 32.2. The number of hydrogen-bond donors (Lipinski definition) is 2. The first-order valence-corrected chi connectivity index (χ1v) is 7.90. The van der Waals surface area contributed by atoms with E-state index in [1.807, 2.05) is 13.8 Å². The summed E-state index contributed by atoms with van der Waals surface area (Å²) in [6, 6.07) is 1.63. The first-order chi connectivity index (χ1) is 7.86. The highest BCUT2D eigenvalue weighted by molar-refractivity contribution is 7.91. The predicted molar refractivity (Wildman–Crippen MR) is 67.6 cm³/mol. The summed E-state index contributed by atoms with van der Waals surface area (Å²) in [7, 11) is -3.43. The number of aryl methyl sites for hydroxylation is 1. The van der Waals surface area contributed by atoms with E-state index in [1.54, 1.807) is 6.07 Å². The zero-order chi connectivity index (χ0) is 12.7. The Hall–Kier alpha value is -0.430. The molecule has 0 aliphatic heterocycles. The topological polar surface area (TPSA) is 66.4 Å². The molecule has 1 aliphatic rings. The van der Waals surface area contributed by atoms with Crippen LogP contribution in [0.4, 0.5) is 0 Å². The van der Waals surface area contributed by atoms with E-state index in [1.165, 1.54) is 0 Å². The Labute approximate surface area is 106 Å². The molecule has 0 radical (unpaired) electrons. The van der Waals surface area contributed by atoms with E-state index in [9.17, 15) is 8.42 Å². The molecule has 1 aromatic heterocycles. The molecule has 0 aromatic carbocycles. The summed E-state index contributed by atoms with van der Waals surface area (Å²) in [6.45, 7) is 3.64. The molecule has 1 aliphatic carbocycles. The fourth-order valence-corrected chi connectivity index (χ4v) is 4.88. The molecule has 1 aromatic rings. The van der Waals surface area contributed by atoms with Crippen LogP contribution in [0.5, 0.6) is 0 Å². The van der Waals surface area contributed by atoms with E-state index in [4.69, 9.17) is 5.11 Å². The molecule has 0 amide bonds. The predicted octanol–water partition coefficient (Wildman–Crippen LogP) is 1.77. The lowest BCUT2D eigenvalue weighted by molar-refractivity contribution is 0.248. The summed E-state index contributed by atoms with van der Waals surface area (Å²) in [6.07, 6.45) is 2.86. The highest BCUT2D eigenvalue weighted by Gasteiger charge is 2.36. The summed E-state index contributed by atoms with van der Waals surface area (Å²) in [5, 5.41) is 9.08. The smallest absolute Gasteiger partial charge is 0.250 e. The lowest BCUT2D eigenvalue weighted by atomic mass is 9.80. The molecule has 0 atom stereocenters. The number of aliphatic hydroxyl groups excluding tert-OH is 1. The number of hydrogen-bond acceptors (Lipinski definition) is 4. The molecular formula is C11H17NO3S2. The van der Waals surface area contributed by atoms with Crippen LogP contribution in [0.1, 0.15) is 36.6 Å². The molecule has 96 valence electrons. The SMILES string of the molecule is Cc1cc(S(=O)(=O)NC2(C)CCC2)sc1CO. The van der Waals surface area contributed by atoms with Crippen LogP contribution in [0.3, 0.4) is 0 Å². The molecule has 0 saturated heterocycles. The van der Waals surface area contributed by atoms with Crippen molar-refractivity contribution in [2.75, 3.05) is 0 Å². The van der Waals surface area contributed by atoms with Crippen LogP contribution in [0, 0.1) is 6.92 Å². The van der Waals surface area contributed by atoms with Gasteiger partial charge >= 0.3 is 0 Å². The molecule has 1 heterocycles. The molecule has 1 fully saturated rings. The highest BCUT2D eigenvalue weighted by Crippen LogP contribution is 2.34. The van der Waals surface area contributed by atoms with Crippen molar-refractivity contribution in [2.24, 2.45) is 0 Å². The third-order valence-corrected chi connectivity index (χ3v) is 6.58. The Bertz CT molecular complexity index is 515. The van der Waals surface area contributed by atoms with Gasteiger partial charge in [0.2, 0.25) is 0 Å². The summed E-state index contributed by atoms with van der Waals surface area (Å²) >= 11 is 1.14. The number of aliphatic hydroxyl groups is 1. The van der Waals surface area contributed by atoms with Gasteiger partial charge in [0.15, 0.2) is 0 Å². The van der Waals surface area contributed by atoms with E-state index >= 15 is 0 Å². The van der Waals surface area contributed by atoms with Crippen molar-refractivity contribution in [1.29, 1.82) is 0 Å². The summed E-state index contributed by atoms with van der Waals surface area (Å²) < 4.78 is 27.3. The number of nitrogens with one attached hydrogen (secondary N) is 1. The van der Waals surface area contributed by atoms with Crippen LogP contribution in [0.2, 0.25) is 0 Å². The molecule has 17 heavy (non-hydrogen) atoms. The van der Waals surface area contributed by atoms with E-state index in [0.717, 1.165) is 36.2 Å². The van der Waals surface area contributed by atoms with Gasteiger partial charge in [-0.05, 0) is 44.7 Å². The van der Waals surface area contributed by atoms with Crippen LogP contribution in [-0.2, 0) is 16.6 Å². The maximum atomic E-state index is 12.1. The lowest BCUT2D eigenvalue weighted by Crippen LogP contribution is -2.50. The molecule has 2 rings (SSSR count). The zero-order valence-corrected chi connectivity index (χ0v) is 11.6. The molecule has 0 spiro atoms. The Balaban J connectivity index is 2.25. The van der Waals surface area contributed by atoms with E-state index in [-0.39, 0.29) is 12.1 Å². The van der Waals surface area contributed by atoms with Gasteiger partial charge < -0.3 is 5.11 Å². The van der Waals surface area contributed by atoms with Gasteiger partial charge in [-0.1, -0.05) is 0 Å². The minimum absolute atomic E-state index is 0.108. The Morgan fingerprint density at radius 2 is 2.18 bits per heavy atom. The van der Waals surface area contributed by atoms with Gasteiger partial charge in [0.1, 0.15) is 4.21 Å². The lowest BCUT2D eigenvalue weighted by Gasteiger charge is -2.38. The molecule has 0 bridgehead atoms. The second-order valence-corrected chi connectivity index (χ2v) is 7.90. The summed E-state index contributed by atoms with van der Waals surface area (Å²) in [5.41, 5.74) is 0.549. The van der Waals surface area contributed by atoms with Gasteiger partial charge in [-0.2, -0.15) is 0 Å². The van der Waals surface area contributed by atoms with Gasteiger partial charge in [-0.15, -0.1) is 11.3 Å². The van der Waals surface area contributed by atoms with Crippen molar-refractivity contribution in [1.82, 2.24) is 4.72 Å². The van der Waals surface area contributed by atoms with Crippen molar-refractivity contribution >= 4 is 21.4 Å². The van der Waals surface area contributed by atoms with Gasteiger partial charge in [-0.25, -0.2) is 13.1 Å². The average molecular weight is 275 g/mol. The average Bonchev–Trinajstić information content (AvgIpc) is 2.57. The maximum absolute atomic E-state index is 12.1. The van der Waals surface area contributed by atoms with Gasteiger partial charge in [-0.3, -0.25) is 0 Å². The Morgan fingerprint density at radius 1 is 1.53 bits per heavy atom. The van der Waals surface area contributed by atoms with Crippen LogP contribution in [0.15, 0.2) is 10.3 Å². The summed E-state index contributed by atoms with van der Waals surface area (Å²) in [5.74, 6) is 0. The molecule has 6 heteroatoms. The molecule has 1 saturated carbocycles. The standard InChI is InChI=1S/C11H17NO3S2/c1-8-6-10(16-9(8)7-13)17(14,15)12-11(2)4-3-5-11/h6,12-13H,3-5,7H2,1-2H3. The Morgan fingerprint density at radius 3 is 2.59 bits per heavy atom. The second-order valence-electron chi connectivity index (χ2n) is 4.85. The van der Waals surface area contributed by atoms with E-state index in [0.29, 0.717) is 9.09 Å². The van der Waals surface area contributed by atoms with Crippen molar-refractivity contribution in [2.45, 2.75) is 49.5 Å². The van der Waals surface area contributed by atoms with Gasteiger partial charge in [0.05, 0.1) is 6.61 Å². The minimum atomic E-state index is -3.43. The van der Waals surface area contributed by atoms with Crippen molar-refractivity contribution in [3.05, 3.63) is 16.5 Å². The van der Waals surface area contributed by atoms with Gasteiger partial charge in [0.25, 0.3) is 10.0 Å². The monoisotopic (exact) mass is 275 g/mol. The third kappa shape index (κ3) is 2.54. The van der Waals surface area contributed by atoms with Crippen LogP contribution < -0.4 is 4.72 Å². The minimum Gasteiger partial charge on any atom is -0.391 e. The van der Waals surface area contributed by atoms with E-state index in [2.05, 4.69) is 4.72 Å². The van der Waals surface area contributed by atoms with Crippen LogP contribution >= 0.6 is 11.3 Å². The van der Waals surface area contributed by atoms with E-state index < -0.39 is 10.0 Å². The first kappa shape index (κ1) is 13.0. The van der Waals surface area contributed by atoms with Crippen molar-refractivity contribution in [3.63, 3.8) is 0 Å². The molecule has 0 unspecified atom stereocenters. The first-order valence-electron chi connectivity index (χ1n) is 5.60. The second kappa shape index (κ2) is 4.35. The summed E-state index contributed by atoms with van der Waals surface area (Å²) in [4.78, 5) is 0.712. The normalized spacial score (nSPS) is 19.0. The number of rotatable bonds is 4. The van der Waals surface area contributed by atoms with Crippen molar-refractivity contribution in [3.8, 4) is 0 Å². The van der Waals surface area contributed by atoms with Gasteiger partial charge in [0, 0.05) is 10.4 Å².